The van der Waals surface area contributed by atoms with Crippen LogP contribution < -0.4 is 5.32 Å². The highest BCUT2D eigenvalue weighted by atomic mass is 35.5. The molecule has 1 aliphatic carbocycles. The molecule has 2 heterocycles. The molecule has 0 aliphatic heterocycles. The topological polar surface area (TPSA) is 68.0 Å². The molecule has 158 valence electrons. The molecule has 1 aliphatic rings. The number of aryl methyl sites for hydroxylation is 1. The number of hydrogen-bond donors (Lipinski definition) is 1. The van der Waals surface area contributed by atoms with Crippen molar-refractivity contribution < 1.29 is 9.21 Å². The van der Waals surface area contributed by atoms with Gasteiger partial charge in [-0.1, -0.05) is 65.8 Å². The summed E-state index contributed by atoms with van der Waals surface area (Å²) in [6.07, 6.45) is 3.10. The zero-order chi connectivity index (χ0) is 21.4. The number of halogens is 1. The molecule has 5 nitrogen and oxygen atoms in total. The summed E-state index contributed by atoms with van der Waals surface area (Å²) in [7, 11) is 0. The van der Waals surface area contributed by atoms with Gasteiger partial charge in [-0.15, -0.1) is 21.5 Å². The van der Waals surface area contributed by atoms with Crippen molar-refractivity contribution in [1.82, 2.24) is 15.5 Å². The fourth-order valence-electron chi connectivity index (χ4n) is 3.90. The van der Waals surface area contributed by atoms with E-state index in [1.165, 1.54) is 34.2 Å². The van der Waals surface area contributed by atoms with E-state index in [9.17, 15) is 4.79 Å². The highest BCUT2D eigenvalue weighted by molar-refractivity contribution is 8.00. The lowest BCUT2D eigenvalue weighted by molar-refractivity contribution is -0.121. The fraction of sp³-hybridized carbons (Fsp3) is 0.261. The first-order chi connectivity index (χ1) is 15.1. The number of nitrogens with one attached hydrogen (secondary N) is 1. The Hall–Kier alpha value is -2.35. The van der Waals surface area contributed by atoms with Crippen molar-refractivity contribution in [1.29, 1.82) is 0 Å². The number of nitrogens with zero attached hydrogens (tertiary/aromatic N) is 2. The largest absolute Gasteiger partial charge is 0.410 e. The number of rotatable bonds is 5. The standard InChI is InChI=1S/C23H20ClN3O2S2/c1-13(21(28)25-17-11-6-8-14-7-2-3-9-15(14)17)30-23-27-26-22(29-23)20-19(24)16-10-4-5-12-18(16)31-20/h2-5,7,9-10,12-13,17H,6,8,11H2,1H3,(H,25,28)/t13-,17+/m1/s1. The summed E-state index contributed by atoms with van der Waals surface area (Å²) < 4.78 is 6.90. The van der Waals surface area contributed by atoms with Gasteiger partial charge in [-0.25, -0.2) is 0 Å². The van der Waals surface area contributed by atoms with E-state index in [0.717, 1.165) is 34.2 Å². The van der Waals surface area contributed by atoms with Crippen LogP contribution in [0.15, 0.2) is 58.2 Å². The third kappa shape index (κ3) is 4.10. The van der Waals surface area contributed by atoms with Crippen LogP contribution in [0.3, 0.4) is 0 Å². The average molecular weight is 470 g/mol. The normalized spacial score (nSPS) is 16.8. The van der Waals surface area contributed by atoms with Gasteiger partial charge in [0.15, 0.2) is 0 Å². The molecule has 0 spiro atoms. The molecular weight excluding hydrogens is 450 g/mol. The third-order valence-corrected chi connectivity index (χ3v) is 8.07. The summed E-state index contributed by atoms with van der Waals surface area (Å²) in [5.74, 6) is 0.342. The number of hydrogen-bond acceptors (Lipinski definition) is 6. The second-order valence-corrected chi connectivity index (χ2v) is 10.2. The Morgan fingerprint density at radius 2 is 2.03 bits per heavy atom. The number of aromatic nitrogens is 2. The second-order valence-electron chi connectivity index (χ2n) is 7.53. The Kier molecular flexibility index (Phi) is 5.73. The predicted octanol–water partition coefficient (Wildman–Crippen LogP) is 6.28. The summed E-state index contributed by atoms with van der Waals surface area (Å²) >= 11 is 9.29. The maximum atomic E-state index is 12.8. The number of carbonyl (C=O) groups excluding carboxylic acids is 1. The summed E-state index contributed by atoms with van der Waals surface area (Å²) in [6.45, 7) is 1.85. The molecule has 0 unspecified atom stereocenters. The van der Waals surface area contributed by atoms with Crippen molar-refractivity contribution in [3.05, 3.63) is 64.7 Å². The number of carbonyl (C=O) groups is 1. The Morgan fingerprint density at radius 3 is 2.90 bits per heavy atom. The molecule has 5 rings (SSSR count). The minimum Gasteiger partial charge on any atom is -0.410 e. The second kappa shape index (κ2) is 8.65. The summed E-state index contributed by atoms with van der Waals surface area (Å²) in [6, 6.07) is 16.3. The molecule has 1 N–H and O–H groups in total. The summed E-state index contributed by atoms with van der Waals surface area (Å²) in [4.78, 5) is 13.6. The summed E-state index contributed by atoms with van der Waals surface area (Å²) in [5, 5.41) is 13.1. The van der Waals surface area contributed by atoms with Crippen molar-refractivity contribution in [2.75, 3.05) is 0 Å². The first kappa shape index (κ1) is 20.5. The van der Waals surface area contributed by atoms with Crippen molar-refractivity contribution >= 4 is 50.7 Å². The molecule has 2 aromatic heterocycles. The van der Waals surface area contributed by atoms with Crippen LogP contribution in [0.25, 0.3) is 20.9 Å². The Bertz CT molecular complexity index is 1250. The van der Waals surface area contributed by atoms with Gasteiger partial charge >= 0.3 is 0 Å². The lowest BCUT2D eigenvalue weighted by Crippen LogP contribution is -2.35. The van der Waals surface area contributed by atoms with Gasteiger partial charge in [0.25, 0.3) is 11.1 Å². The van der Waals surface area contributed by atoms with Gasteiger partial charge in [-0.2, -0.15) is 0 Å². The van der Waals surface area contributed by atoms with Crippen LogP contribution >= 0.6 is 34.7 Å². The maximum Gasteiger partial charge on any atom is 0.277 e. The first-order valence-electron chi connectivity index (χ1n) is 10.2. The number of fused-ring (bicyclic) bond motifs is 2. The van der Waals surface area contributed by atoms with Gasteiger partial charge in [0, 0.05) is 10.1 Å². The van der Waals surface area contributed by atoms with Crippen LogP contribution in [0.2, 0.25) is 5.02 Å². The fourth-order valence-corrected chi connectivity index (χ4v) is 6.02. The molecule has 0 saturated carbocycles. The van der Waals surface area contributed by atoms with E-state index in [-0.39, 0.29) is 17.2 Å². The molecule has 0 saturated heterocycles. The number of amides is 1. The minimum absolute atomic E-state index is 0.0358. The van der Waals surface area contributed by atoms with Crippen LogP contribution in [0.1, 0.15) is 36.9 Å². The van der Waals surface area contributed by atoms with E-state index < -0.39 is 0 Å². The van der Waals surface area contributed by atoms with Crippen LogP contribution in [0.5, 0.6) is 0 Å². The van der Waals surface area contributed by atoms with Crippen LogP contribution in [-0.4, -0.2) is 21.4 Å². The quantitative estimate of drug-likeness (QED) is 0.348. The molecule has 0 fully saturated rings. The molecule has 1 amide bonds. The van der Waals surface area contributed by atoms with Crippen molar-refractivity contribution in [2.45, 2.75) is 42.7 Å². The first-order valence-corrected chi connectivity index (χ1v) is 12.2. The van der Waals surface area contributed by atoms with Gasteiger partial charge in [-0.05, 0) is 43.4 Å². The summed E-state index contributed by atoms with van der Waals surface area (Å²) in [5.41, 5.74) is 2.54. The van der Waals surface area contributed by atoms with Crippen molar-refractivity contribution in [2.24, 2.45) is 0 Å². The SMILES string of the molecule is C[C@@H](Sc1nnc(-c2sc3ccccc3c2Cl)o1)C(=O)N[C@H]1CCCc2ccccc21. The lowest BCUT2D eigenvalue weighted by atomic mass is 9.88. The third-order valence-electron chi connectivity index (χ3n) is 5.47. The average Bonchev–Trinajstić information content (AvgIpc) is 3.38. The molecule has 4 aromatic rings. The molecule has 31 heavy (non-hydrogen) atoms. The zero-order valence-corrected chi connectivity index (χ0v) is 19.2. The monoisotopic (exact) mass is 469 g/mol. The predicted molar refractivity (Wildman–Crippen MR) is 126 cm³/mol. The number of thiophene rings is 1. The zero-order valence-electron chi connectivity index (χ0n) is 16.8. The number of benzene rings is 2. The Balaban J connectivity index is 1.28. The van der Waals surface area contributed by atoms with E-state index >= 15 is 0 Å². The van der Waals surface area contributed by atoms with Gasteiger partial charge in [0.1, 0.15) is 4.88 Å². The van der Waals surface area contributed by atoms with Gasteiger partial charge in [0.2, 0.25) is 5.91 Å². The van der Waals surface area contributed by atoms with Crippen molar-refractivity contribution in [3.63, 3.8) is 0 Å². The maximum absolute atomic E-state index is 12.8. The van der Waals surface area contributed by atoms with E-state index in [1.54, 1.807) is 0 Å². The molecule has 0 bridgehead atoms. The highest BCUT2D eigenvalue weighted by Gasteiger charge is 2.26. The van der Waals surface area contributed by atoms with E-state index in [1.807, 2.05) is 37.3 Å². The Morgan fingerprint density at radius 1 is 1.23 bits per heavy atom. The van der Waals surface area contributed by atoms with Crippen LogP contribution in [0, 0.1) is 0 Å². The highest BCUT2D eigenvalue weighted by Crippen LogP contribution is 2.42. The molecule has 2 atom stereocenters. The molecule has 2 aromatic carbocycles. The van der Waals surface area contributed by atoms with Gasteiger partial charge < -0.3 is 9.73 Å². The Labute approximate surface area is 193 Å². The molecule has 8 heteroatoms. The molecular formula is C23H20ClN3O2S2. The number of thioether (sulfide) groups is 1. The smallest absolute Gasteiger partial charge is 0.277 e. The minimum atomic E-state index is -0.361. The van der Waals surface area contributed by atoms with Crippen LogP contribution in [0.4, 0.5) is 0 Å². The lowest BCUT2D eigenvalue weighted by Gasteiger charge is -2.27. The van der Waals surface area contributed by atoms with E-state index in [2.05, 4.69) is 33.7 Å². The van der Waals surface area contributed by atoms with Crippen molar-refractivity contribution in [3.8, 4) is 10.8 Å². The van der Waals surface area contributed by atoms with E-state index in [4.69, 9.17) is 16.0 Å². The van der Waals surface area contributed by atoms with E-state index in [0.29, 0.717) is 16.1 Å². The van der Waals surface area contributed by atoms with Crippen LogP contribution in [-0.2, 0) is 11.2 Å². The van der Waals surface area contributed by atoms with Gasteiger partial charge in [-0.3, -0.25) is 4.79 Å². The molecule has 0 radical (unpaired) electrons. The van der Waals surface area contributed by atoms with Gasteiger partial charge in [0.05, 0.1) is 16.3 Å².